The van der Waals surface area contributed by atoms with E-state index in [-0.39, 0.29) is 17.2 Å². The Morgan fingerprint density at radius 2 is 2.09 bits per heavy atom. The lowest BCUT2D eigenvalue weighted by Gasteiger charge is -2.03. The summed E-state index contributed by atoms with van der Waals surface area (Å²) < 4.78 is 5.61. The Labute approximate surface area is 125 Å². The fourth-order valence-electron chi connectivity index (χ4n) is 1.94. The maximum atomic E-state index is 12.0. The van der Waals surface area contributed by atoms with Crippen molar-refractivity contribution in [2.24, 2.45) is 0 Å². The molecule has 0 unspecified atom stereocenters. The number of H-pyrrole nitrogens is 1. The molecule has 3 rings (SSSR count). The van der Waals surface area contributed by atoms with Gasteiger partial charge in [-0.05, 0) is 24.3 Å². The molecule has 0 spiro atoms. The Morgan fingerprint density at radius 1 is 1.27 bits per heavy atom. The van der Waals surface area contributed by atoms with E-state index in [2.05, 4.69) is 20.5 Å². The first-order valence-corrected chi connectivity index (χ1v) is 6.80. The number of anilines is 1. The predicted molar refractivity (Wildman–Crippen MR) is 80.9 cm³/mol. The quantitative estimate of drug-likeness (QED) is 0.772. The third-order valence-electron chi connectivity index (χ3n) is 3.07. The van der Waals surface area contributed by atoms with Crippen molar-refractivity contribution >= 4 is 22.7 Å². The predicted octanol–water partition coefficient (Wildman–Crippen LogP) is 2.29. The van der Waals surface area contributed by atoms with Gasteiger partial charge in [0.1, 0.15) is 11.2 Å². The average Bonchev–Trinajstić information content (AvgIpc) is 2.91. The molecule has 0 atom stereocenters. The smallest absolute Gasteiger partial charge is 0.276 e. The Morgan fingerprint density at radius 3 is 2.77 bits per heavy atom. The second kappa shape index (κ2) is 5.44. The van der Waals surface area contributed by atoms with Crippen molar-refractivity contribution in [3.05, 3.63) is 52.3 Å². The van der Waals surface area contributed by atoms with Gasteiger partial charge in [-0.2, -0.15) is 5.10 Å². The molecule has 2 heterocycles. The standard InChI is InChI=1S/C15H14N4O3/c1-8(2)15-17-11-7-9(3-5-12(11)22-15)16-14(21)10-4-6-13(20)19-18-10/h3-8H,1-2H3,(H,16,21)(H,19,20). The monoisotopic (exact) mass is 298 g/mol. The fraction of sp³-hybridized carbons (Fsp3) is 0.200. The van der Waals surface area contributed by atoms with Gasteiger partial charge in [0.25, 0.3) is 11.5 Å². The van der Waals surface area contributed by atoms with Crippen LogP contribution in [0.5, 0.6) is 0 Å². The van der Waals surface area contributed by atoms with Gasteiger partial charge in [-0.1, -0.05) is 13.8 Å². The molecule has 7 heteroatoms. The number of aromatic nitrogens is 3. The van der Waals surface area contributed by atoms with E-state index >= 15 is 0 Å². The number of hydrogen-bond acceptors (Lipinski definition) is 5. The number of aromatic amines is 1. The van der Waals surface area contributed by atoms with Gasteiger partial charge in [-0.25, -0.2) is 10.1 Å². The summed E-state index contributed by atoms with van der Waals surface area (Å²) in [6, 6.07) is 7.82. The number of oxazole rings is 1. The summed E-state index contributed by atoms with van der Waals surface area (Å²) in [7, 11) is 0. The average molecular weight is 298 g/mol. The highest BCUT2D eigenvalue weighted by Gasteiger charge is 2.12. The first-order valence-electron chi connectivity index (χ1n) is 6.80. The summed E-state index contributed by atoms with van der Waals surface area (Å²) in [5, 5.41) is 8.60. The highest BCUT2D eigenvalue weighted by molar-refractivity contribution is 6.03. The van der Waals surface area contributed by atoms with Crippen molar-refractivity contribution in [3.63, 3.8) is 0 Å². The van der Waals surface area contributed by atoms with Crippen LogP contribution in [0.25, 0.3) is 11.1 Å². The van der Waals surface area contributed by atoms with E-state index in [1.54, 1.807) is 18.2 Å². The SMILES string of the molecule is CC(C)c1nc2cc(NC(=O)c3ccc(=O)[nH]n3)ccc2o1. The molecule has 0 radical (unpaired) electrons. The molecular weight excluding hydrogens is 284 g/mol. The van der Waals surface area contributed by atoms with Crippen LogP contribution in [-0.2, 0) is 0 Å². The molecule has 0 saturated carbocycles. The normalized spacial score (nSPS) is 11.0. The molecule has 0 aliphatic carbocycles. The molecule has 0 saturated heterocycles. The lowest BCUT2D eigenvalue weighted by Crippen LogP contribution is -2.17. The van der Waals surface area contributed by atoms with Gasteiger partial charge in [0, 0.05) is 17.7 Å². The Kier molecular flexibility index (Phi) is 3.46. The van der Waals surface area contributed by atoms with Crippen LogP contribution >= 0.6 is 0 Å². The lowest BCUT2D eigenvalue weighted by molar-refractivity contribution is 0.102. The van der Waals surface area contributed by atoms with Gasteiger partial charge in [0.15, 0.2) is 11.5 Å². The minimum absolute atomic E-state index is 0.128. The number of amides is 1. The maximum absolute atomic E-state index is 12.0. The van der Waals surface area contributed by atoms with Crippen molar-refractivity contribution in [1.29, 1.82) is 0 Å². The van der Waals surface area contributed by atoms with Crippen LogP contribution in [0.1, 0.15) is 36.1 Å². The molecule has 1 aromatic carbocycles. The second-order valence-electron chi connectivity index (χ2n) is 5.15. The Balaban J connectivity index is 1.85. The van der Waals surface area contributed by atoms with Crippen molar-refractivity contribution in [2.45, 2.75) is 19.8 Å². The first kappa shape index (κ1) is 14.0. The van der Waals surface area contributed by atoms with Gasteiger partial charge in [-0.15, -0.1) is 0 Å². The summed E-state index contributed by atoms with van der Waals surface area (Å²) in [6.45, 7) is 3.99. The largest absolute Gasteiger partial charge is 0.440 e. The molecule has 0 fully saturated rings. The van der Waals surface area contributed by atoms with Crippen LogP contribution < -0.4 is 10.9 Å². The number of carbonyl (C=O) groups is 1. The first-order chi connectivity index (χ1) is 10.5. The minimum atomic E-state index is -0.414. The molecule has 3 aromatic rings. The van der Waals surface area contributed by atoms with E-state index in [1.807, 2.05) is 13.8 Å². The van der Waals surface area contributed by atoms with Crippen LogP contribution in [0.2, 0.25) is 0 Å². The number of fused-ring (bicyclic) bond motifs is 1. The highest BCUT2D eigenvalue weighted by atomic mass is 16.3. The summed E-state index contributed by atoms with van der Waals surface area (Å²) in [5.41, 5.74) is 1.69. The van der Waals surface area contributed by atoms with Gasteiger partial charge < -0.3 is 9.73 Å². The van der Waals surface area contributed by atoms with E-state index in [0.29, 0.717) is 22.7 Å². The van der Waals surface area contributed by atoms with E-state index < -0.39 is 5.91 Å². The van der Waals surface area contributed by atoms with Crippen LogP contribution in [0, 0.1) is 0 Å². The van der Waals surface area contributed by atoms with Crippen molar-refractivity contribution in [1.82, 2.24) is 15.2 Å². The molecule has 7 nitrogen and oxygen atoms in total. The molecule has 112 valence electrons. The third kappa shape index (κ3) is 2.73. The molecule has 2 aromatic heterocycles. The highest BCUT2D eigenvalue weighted by Crippen LogP contribution is 2.23. The molecule has 0 aliphatic heterocycles. The van der Waals surface area contributed by atoms with Gasteiger partial charge >= 0.3 is 0 Å². The number of nitrogens with one attached hydrogen (secondary N) is 2. The number of nitrogens with zero attached hydrogens (tertiary/aromatic N) is 2. The molecule has 0 aliphatic rings. The maximum Gasteiger partial charge on any atom is 0.276 e. The summed E-state index contributed by atoms with van der Waals surface area (Å²) in [6.07, 6.45) is 0. The molecule has 1 amide bonds. The third-order valence-corrected chi connectivity index (χ3v) is 3.07. The van der Waals surface area contributed by atoms with Crippen LogP contribution in [0.4, 0.5) is 5.69 Å². The van der Waals surface area contributed by atoms with Crippen molar-refractivity contribution in [3.8, 4) is 0 Å². The second-order valence-corrected chi connectivity index (χ2v) is 5.15. The van der Waals surface area contributed by atoms with Gasteiger partial charge in [-0.3, -0.25) is 9.59 Å². The Bertz CT molecular complexity index is 875. The topological polar surface area (TPSA) is 101 Å². The number of rotatable bonds is 3. The molecule has 2 N–H and O–H groups in total. The van der Waals surface area contributed by atoms with Crippen LogP contribution in [-0.4, -0.2) is 21.1 Å². The van der Waals surface area contributed by atoms with E-state index in [9.17, 15) is 9.59 Å². The van der Waals surface area contributed by atoms with E-state index in [4.69, 9.17) is 4.42 Å². The summed E-state index contributed by atoms with van der Waals surface area (Å²) >= 11 is 0. The molecule has 22 heavy (non-hydrogen) atoms. The number of benzene rings is 1. The van der Waals surface area contributed by atoms with Crippen molar-refractivity contribution < 1.29 is 9.21 Å². The van der Waals surface area contributed by atoms with Gasteiger partial charge in [0.2, 0.25) is 0 Å². The molecular formula is C15H14N4O3. The van der Waals surface area contributed by atoms with E-state index in [1.165, 1.54) is 12.1 Å². The van der Waals surface area contributed by atoms with Gasteiger partial charge in [0.05, 0.1) is 0 Å². The zero-order chi connectivity index (χ0) is 15.7. The van der Waals surface area contributed by atoms with Crippen LogP contribution in [0.3, 0.4) is 0 Å². The van der Waals surface area contributed by atoms with Crippen molar-refractivity contribution in [2.75, 3.05) is 5.32 Å². The number of carbonyl (C=O) groups excluding carboxylic acids is 1. The van der Waals surface area contributed by atoms with E-state index in [0.717, 1.165) is 0 Å². The zero-order valence-corrected chi connectivity index (χ0v) is 12.1. The Hall–Kier alpha value is -2.96. The van der Waals surface area contributed by atoms with Crippen LogP contribution in [0.15, 0.2) is 39.5 Å². The summed E-state index contributed by atoms with van der Waals surface area (Å²) in [4.78, 5) is 27.4. The number of hydrogen-bond donors (Lipinski definition) is 2. The minimum Gasteiger partial charge on any atom is -0.440 e. The molecule has 0 bridgehead atoms. The summed E-state index contributed by atoms with van der Waals surface area (Å²) in [5.74, 6) is 0.430. The zero-order valence-electron chi connectivity index (χ0n) is 12.1. The fourth-order valence-corrected chi connectivity index (χ4v) is 1.94. The lowest BCUT2D eigenvalue weighted by atomic mass is 10.2.